The zero-order valence-corrected chi connectivity index (χ0v) is 11.2. The lowest BCUT2D eigenvalue weighted by atomic mass is 10.0. The molecule has 0 spiro atoms. The molecule has 0 bridgehead atoms. The van der Waals surface area contributed by atoms with Gasteiger partial charge in [-0.25, -0.2) is 8.42 Å². The van der Waals surface area contributed by atoms with E-state index in [-0.39, 0.29) is 22.8 Å². The summed E-state index contributed by atoms with van der Waals surface area (Å²) in [7, 11) is -3.50. The molecule has 2 unspecified atom stereocenters. The van der Waals surface area contributed by atoms with E-state index in [1.807, 2.05) is 6.92 Å². The van der Waals surface area contributed by atoms with E-state index in [0.717, 1.165) is 17.8 Å². The number of anilines is 1. The van der Waals surface area contributed by atoms with Crippen LogP contribution in [0.25, 0.3) is 0 Å². The molecule has 0 aliphatic carbocycles. The number of aliphatic hydroxyl groups excluding tert-OH is 1. The Kier molecular flexibility index (Phi) is 3.44. The van der Waals surface area contributed by atoms with Gasteiger partial charge in [-0.2, -0.15) is 4.31 Å². The highest BCUT2D eigenvalue weighted by Gasteiger charge is 2.39. The van der Waals surface area contributed by atoms with Crippen LogP contribution in [-0.4, -0.2) is 37.0 Å². The van der Waals surface area contributed by atoms with Crippen molar-refractivity contribution in [3.63, 3.8) is 0 Å². The SMILES string of the molecule is CC1CCN(S(=O)(=O)c2cc(N)cs2)C1CO. The second-order valence-corrected chi connectivity index (χ2v) is 7.36. The molecule has 1 aromatic heterocycles. The second-order valence-electron chi connectivity index (χ2n) is 4.33. The molecule has 1 aromatic rings. The van der Waals surface area contributed by atoms with Crippen LogP contribution in [0.15, 0.2) is 15.7 Å². The first kappa shape index (κ1) is 12.8. The summed E-state index contributed by atoms with van der Waals surface area (Å²) in [5, 5.41) is 10.9. The van der Waals surface area contributed by atoms with Gasteiger partial charge < -0.3 is 10.8 Å². The van der Waals surface area contributed by atoms with Gasteiger partial charge in [-0.05, 0) is 18.4 Å². The highest BCUT2D eigenvalue weighted by molar-refractivity contribution is 7.91. The standard InChI is InChI=1S/C10H16N2O3S2/c1-7-2-3-12(9(7)5-13)17(14,15)10-4-8(11)6-16-10/h4,6-7,9,13H,2-3,5,11H2,1H3. The predicted molar refractivity (Wildman–Crippen MR) is 67.3 cm³/mol. The third-order valence-corrected chi connectivity index (χ3v) is 6.54. The third-order valence-electron chi connectivity index (χ3n) is 3.18. The van der Waals surface area contributed by atoms with Crippen molar-refractivity contribution < 1.29 is 13.5 Å². The van der Waals surface area contributed by atoms with Crippen LogP contribution >= 0.6 is 11.3 Å². The van der Waals surface area contributed by atoms with Gasteiger partial charge in [0.25, 0.3) is 10.0 Å². The molecule has 2 atom stereocenters. The van der Waals surface area contributed by atoms with Crippen molar-refractivity contribution in [3.05, 3.63) is 11.4 Å². The van der Waals surface area contributed by atoms with Gasteiger partial charge in [0.05, 0.1) is 12.6 Å². The number of sulfonamides is 1. The smallest absolute Gasteiger partial charge is 0.252 e. The van der Waals surface area contributed by atoms with Gasteiger partial charge in [0, 0.05) is 17.6 Å². The number of nitrogens with zero attached hydrogens (tertiary/aromatic N) is 1. The third kappa shape index (κ3) is 2.20. The van der Waals surface area contributed by atoms with Gasteiger partial charge in [0.1, 0.15) is 4.21 Å². The Morgan fingerprint density at radius 1 is 1.65 bits per heavy atom. The average molecular weight is 276 g/mol. The summed E-state index contributed by atoms with van der Waals surface area (Å²) in [5.41, 5.74) is 6.01. The van der Waals surface area contributed by atoms with Crippen LogP contribution in [0, 0.1) is 5.92 Å². The lowest BCUT2D eigenvalue weighted by molar-refractivity contribution is 0.191. The molecule has 1 aliphatic heterocycles. The summed E-state index contributed by atoms with van der Waals surface area (Å²) in [6, 6.07) is 1.15. The van der Waals surface area contributed by atoms with Gasteiger partial charge in [-0.3, -0.25) is 0 Å². The Morgan fingerprint density at radius 3 is 2.88 bits per heavy atom. The zero-order valence-electron chi connectivity index (χ0n) is 9.54. The molecule has 96 valence electrons. The van der Waals surface area contributed by atoms with Crippen molar-refractivity contribution in [1.82, 2.24) is 4.31 Å². The number of thiophene rings is 1. The predicted octanol–water partition coefficient (Wildman–Crippen LogP) is 0.722. The molecular weight excluding hydrogens is 260 g/mol. The van der Waals surface area contributed by atoms with Gasteiger partial charge in [0.15, 0.2) is 0 Å². The molecule has 5 nitrogen and oxygen atoms in total. The van der Waals surface area contributed by atoms with Crippen molar-refractivity contribution in [2.24, 2.45) is 5.92 Å². The maximum Gasteiger partial charge on any atom is 0.252 e. The van der Waals surface area contributed by atoms with E-state index in [0.29, 0.717) is 12.2 Å². The lowest BCUT2D eigenvalue weighted by Crippen LogP contribution is -2.39. The molecule has 0 amide bonds. The highest BCUT2D eigenvalue weighted by atomic mass is 32.2. The van der Waals surface area contributed by atoms with E-state index in [4.69, 9.17) is 5.73 Å². The molecule has 1 saturated heterocycles. The van der Waals surface area contributed by atoms with Crippen LogP contribution in [0.3, 0.4) is 0 Å². The summed E-state index contributed by atoms with van der Waals surface area (Å²) in [4.78, 5) is 0. The molecule has 1 aliphatic rings. The fourth-order valence-corrected chi connectivity index (χ4v) is 5.06. The Labute approximate surface area is 105 Å². The number of hydrogen-bond donors (Lipinski definition) is 2. The quantitative estimate of drug-likeness (QED) is 0.852. The van der Waals surface area contributed by atoms with Gasteiger partial charge in [-0.15, -0.1) is 11.3 Å². The topological polar surface area (TPSA) is 83.6 Å². The normalized spacial score (nSPS) is 26.5. The molecule has 3 N–H and O–H groups in total. The van der Waals surface area contributed by atoms with Gasteiger partial charge in [-0.1, -0.05) is 6.92 Å². The fourth-order valence-electron chi connectivity index (χ4n) is 2.12. The summed E-state index contributed by atoms with van der Waals surface area (Å²) in [6.07, 6.45) is 0.783. The summed E-state index contributed by atoms with van der Waals surface area (Å²) < 4.78 is 26.3. The Balaban J connectivity index is 2.33. The molecule has 0 aromatic carbocycles. The van der Waals surface area contributed by atoms with Crippen molar-refractivity contribution in [2.45, 2.75) is 23.6 Å². The molecule has 0 saturated carbocycles. The monoisotopic (exact) mass is 276 g/mol. The Morgan fingerprint density at radius 2 is 2.35 bits per heavy atom. The van der Waals surface area contributed by atoms with Gasteiger partial charge in [0.2, 0.25) is 0 Å². The first-order valence-corrected chi connectivity index (χ1v) is 7.75. The zero-order chi connectivity index (χ0) is 12.6. The van der Waals surface area contributed by atoms with E-state index in [9.17, 15) is 13.5 Å². The van der Waals surface area contributed by atoms with Crippen LogP contribution in [0.1, 0.15) is 13.3 Å². The summed E-state index contributed by atoms with van der Waals surface area (Å²) >= 11 is 1.12. The van der Waals surface area contributed by atoms with Crippen molar-refractivity contribution in [2.75, 3.05) is 18.9 Å². The molecule has 0 radical (unpaired) electrons. The summed E-state index contributed by atoms with van der Waals surface area (Å²) in [6.45, 7) is 2.28. The Hall–Kier alpha value is -0.630. The van der Waals surface area contributed by atoms with Crippen LogP contribution in [-0.2, 0) is 10.0 Å². The van der Waals surface area contributed by atoms with Crippen LogP contribution in [0.5, 0.6) is 0 Å². The number of nitrogens with two attached hydrogens (primary N) is 1. The fraction of sp³-hybridized carbons (Fsp3) is 0.600. The van der Waals surface area contributed by atoms with E-state index in [1.54, 1.807) is 5.38 Å². The van der Waals surface area contributed by atoms with E-state index < -0.39 is 10.0 Å². The maximum absolute atomic E-state index is 12.3. The molecule has 7 heteroatoms. The second kappa shape index (κ2) is 4.56. The molecular formula is C10H16N2O3S2. The minimum atomic E-state index is -3.50. The van der Waals surface area contributed by atoms with Gasteiger partial charge >= 0.3 is 0 Å². The van der Waals surface area contributed by atoms with E-state index in [1.165, 1.54) is 10.4 Å². The minimum absolute atomic E-state index is 0.138. The number of hydrogen-bond acceptors (Lipinski definition) is 5. The maximum atomic E-state index is 12.3. The number of nitrogen functional groups attached to an aromatic ring is 1. The molecule has 17 heavy (non-hydrogen) atoms. The van der Waals surface area contributed by atoms with Crippen molar-refractivity contribution in [1.29, 1.82) is 0 Å². The molecule has 2 heterocycles. The molecule has 1 fully saturated rings. The number of rotatable bonds is 3. The van der Waals surface area contributed by atoms with E-state index in [2.05, 4.69) is 0 Å². The number of aliphatic hydroxyl groups is 1. The minimum Gasteiger partial charge on any atom is -0.398 e. The van der Waals surface area contributed by atoms with Crippen molar-refractivity contribution in [3.8, 4) is 0 Å². The Bertz CT molecular complexity index is 497. The largest absolute Gasteiger partial charge is 0.398 e. The van der Waals surface area contributed by atoms with Crippen LogP contribution in [0.4, 0.5) is 5.69 Å². The van der Waals surface area contributed by atoms with Crippen molar-refractivity contribution >= 4 is 27.0 Å². The lowest BCUT2D eigenvalue weighted by Gasteiger charge is -2.23. The highest BCUT2D eigenvalue weighted by Crippen LogP contribution is 2.32. The first-order chi connectivity index (χ1) is 7.96. The summed E-state index contributed by atoms with van der Waals surface area (Å²) in [5.74, 6) is 0.187. The molecule has 2 rings (SSSR count). The first-order valence-electron chi connectivity index (χ1n) is 5.43. The van der Waals surface area contributed by atoms with Crippen LogP contribution < -0.4 is 5.73 Å². The average Bonchev–Trinajstić information content (AvgIpc) is 2.84. The van der Waals surface area contributed by atoms with E-state index >= 15 is 0 Å². The van der Waals surface area contributed by atoms with Crippen LogP contribution in [0.2, 0.25) is 0 Å².